The Morgan fingerprint density at radius 1 is 1.36 bits per heavy atom. The van der Waals surface area contributed by atoms with Crippen LogP contribution in [-0.4, -0.2) is 6.54 Å². The first-order valence-corrected chi connectivity index (χ1v) is 5.71. The van der Waals surface area contributed by atoms with E-state index in [2.05, 4.69) is 37.3 Å². The predicted molar refractivity (Wildman–Crippen MR) is 64.6 cm³/mol. The van der Waals surface area contributed by atoms with Gasteiger partial charge in [-0.2, -0.15) is 0 Å². The van der Waals surface area contributed by atoms with Gasteiger partial charge >= 0.3 is 0 Å². The lowest BCUT2D eigenvalue weighted by atomic mass is 10.3. The molecule has 1 heterocycles. The fraction of sp³-hybridized carbons (Fsp3) is 0.111. The highest BCUT2D eigenvalue weighted by Crippen LogP contribution is 2.33. The van der Waals surface area contributed by atoms with Crippen LogP contribution in [0.25, 0.3) is 0 Å². The molecule has 3 N–H and O–H groups in total. The van der Waals surface area contributed by atoms with Crippen LogP contribution in [0.4, 0.5) is 5.69 Å². The number of nitrogens with two attached hydrogens (primary N) is 1. The van der Waals surface area contributed by atoms with E-state index < -0.39 is 0 Å². The van der Waals surface area contributed by atoms with Gasteiger partial charge in [0.2, 0.25) is 0 Å². The van der Waals surface area contributed by atoms with Crippen molar-refractivity contribution in [2.75, 3.05) is 11.6 Å². The molecule has 0 atom stereocenters. The highest BCUT2D eigenvalue weighted by atomic mass is 79.9. The molecule has 0 amide bonds. The van der Waals surface area contributed by atoms with Crippen LogP contribution in [-0.2, 0) is 0 Å². The number of nitrogens with one attached hydrogen (secondary N) is 1. The monoisotopic (exact) mass is 317 g/mol. The van der Waals surface area contributed by atoms with Gasteiger partial charge in [-0.25, -0.2) is 0 Å². The average Bonchev–Trinajstić information content (AvgIpc) is 2.57. The Bertz CT molecular complexity index is 390. The zero-order valence-electron chi connectivity index (χ0n) is 7.30. The highest BCUT2D eigenvalue weighted by molar-refractivity contribution is 9.13. The number of hydrogen-bond donors (Lipinski definition) is 2. The summed E-state index contributed by atoms with van der Waals surface area (Å²) in [5, 5.41) is 1.98. The molecule has 1 aromatic carbocycles. The first-order chi connectivity index (χ1) is 6.68. The molecule has 0 saturated carbocycles. The van der Waals surface area contributed by atoms with Gasteiger partial charge in [0.05, 0.1) is 16.7 Å². The van der Waals surface area contributed by atoms with Crippen molar-refractivity contribution >= 4 is 37.5 Å². The molecule has 0 unspecified atom stereocenters. The molecule has 0 spiro atoms. The van der Waals surface area contributed by atoms with E-state index in [9.17, 15) is 0 Å². The van der Waals surface area contributed by atoms with E-state index >= 15 is 0 Å². The molecule has 5 heteroatoms. The number of nitrogens with zero attached hydrogens (tertiary/aromatic N) is 1. The lowest BCUT2D eigenvalue weighted by Gasteiger charge is -2.21. The maximum atomic E-state index is 5.63. The molecule has 0 radical (unpaired) electrons. The second kappa shape index (κ2) is 3.82. The van der Waals surface area contributed by atoms with Crippen molar-refractivity contribution in [3.05, 3.63) is 39.0 Å². The molecule has 0 aromatic heterocycles. The largest absolute Gasteiger partial charge is 0.384 e. The molecule has 1 aliphatic heterocycles. The van der Waals surface area contributed by atoms with Gasteiger partial charge in [-0.15, -0.1) is 0 Å². The van der Waals surface area contributed by atoms with Crippen molar-refractivity contribution in [2.24, 2.45) is 5.73 Å². The standard InChI is InChI=1S/C9H9Br2N3/c10-6-2-1-3-7(9(6)11)14-5-4-8(12)13-14/h1-4,13H,5,12H2. The summed E-state index contributed by atoms with van der Waals surface area (Å²) in [5.41, 5.74) is 9.76. The number of hydrogen-bond acceptors (Lipinski definition) is 3. The fourth-order valence-corrected chi connectivity index (χ4v) is 2.13. The van der Waals surface area contributed by atoms with Gasteiger partial charge in [0.25, 0.3) is 0 Å². The van der Waals surface area contributed by atoms with Crippen LogP contribution >= 0.6 is 31.9 Å². The summed E-state index contributed by atoms with van der Waals surface area (Å²) >= 11 is 6.98. The van der Waals surface area contributed by atoms with Gasteiger partial charge in [-0.3, -0.25) is 10.4 Å². The Morgan fingerprint density at radius 2 is 2.14 bits per heavy atom. The molecule has 2 rings (SSSR count). The highest BCUT2D eigenvalue weighted by Gasteiger charge is 2.14. The Labute approximate surface area is 99.2 Å². The molecule has 1 aromatic rings. The van der Waals surface area contributed by atoms with Crippen LogP contribution in [0, 0.1) is 0 Å². The van der Waals surface area contributed by atoms with Crippen molar-refractivity contribution in [2.45, 2.75) is 0 Å². The minimum Gasteiger partial charge on any atom is -0.384 e. The summed E-state index contributed by atoms with van der Waals surface area (Å²) in [5.74, 6) is 0.692. The fourth-order valence-electron chi connectivity index (χ4n) is 1.30. The molecular weight excluding hydrogens is 310 g/mol. The molecule has 1 aliphatic rings. The number of halogens is 2. The molecular formula is C9H9Br2N3. The third kappa shape index (κ3) is 1.74. The minimum atomic E-state index is 0.692. The summed E-state index contributed by atoms with van der Waals surface area (Å²) in [6, 6.07) is 6.00. The van der Waals surface area contributed by atoms with E-state index in [-0.39, 0.29) is 0 Å². The maximum absolute atomic E-state index is 5.63. The molecule has 14 heavy (non-hydrogen) atoms. The molecule has 74 valence electrons. The summed E-state index contributed by atoms with van der Waals surface area (Å²) in [7, 11) is 0. The zero-order valence-corrected chi connectivity index (χ0v) is 10.5. The normalized spacial score (nSPS) is 15.3. The van der Waals surface area contributed by atoms with Gasteiger partial charge in [0, 0.05) is 4.47 Å². The second-order valence-electron chi connectivity index (χ2n) is 2.95. The van der Waals surface area contributed by atoms with Crippen LogP contribution in [0.1, 0.15) is 0 Å². The summed E-state index contributed by atoms with van der Waals surface area (Å²) in [6.45, 7) is 0.779. The second-order valence-corrected chi connectivity index (χ2v) is 4.60. The van der Waals surface area contributed by atoms with Crippen molar-refractivity contribution in [3.8, 4) is 0 Å². The van der Waals surface area contributed by atoms with E-state index in [1.54, 1.807) is 0 Å². The Balaban J connectivity index is 2.30. The molecule has 0 aliphatic carbocycles. The third-order valence-corrected chi connectivity index (χ3v) is 4.01. The quantitative estimate of drug-likeness (QED) is 0.835. The summed E-state index contributed by atoms with van der Waals surface area (Å²) < 4.78 is 2.05. The molecule has 0 fully saturated rings. The zero-order chi connectivity index (χ0) is 10.1. The van der Waals surface area contributed by atoms with Gasteiger partial charge in [-0.1, -0.05) is 6.07 Å². The van der Waals surface area contributed by atoms with E-state index in [0.717, 1.165) is 21.2 Å². The number of hydrazine groups is 1. The third-order valence-electron chi connectivity index (χ3n) is 1.98. The average molecular weight is 319 g/mol. The van der Waals surface area contributed by atoms with Crippen molar-refractivity contribution in [1.29, 1.82) is 0 Å². The lowest BCUT2D eigenvalue weighted by Crippen LogP contribution is -2.34. The van der Waals surface area contributed by atoms with Crippen LogP contribution in [0.3, 0.4) is 0 Å². The molecule has 3 nitrogen and oxygen atoms in total. The van der Waals surface area contributed by atoms with Gasteiger partial charge < -0.3 is 5.73 Å². The Hall–Kier alpha value is -0.680. The molecule has 0 saturated heterocycles. The van der Waals surface area contributed by atoms with Gasteiger partial charge in [-0.05, 0) is 50.1 Å². The van der Waals surface area contributed by atoms with Crippen LogP contribution < -0.4 is 16.2 Å². The summed E-state index contributed by atoms with van der Waals surface area (Å²) in [6.07, 6.45) is 1.94. The van der Waals surface area contributed by atoms with E-state index in [0.29, 0.717) is 5.82 Å². The first-order valence-electron chi connectivity index (χ1n) is 4.12. The van der Waals surface area contributed by atoms with Crippen molar-refractivity contribution < 1.29 is 0 Å². The van der Waals surface area contributed by atoms with Crippen molar-refractivity contribution in [1.82, 2.24) is 5.43 Å². The van der Waals surface area contributed by atoms with Crippen LogP contribution in [0.15, 0.2) is 39.0 Å². The predicted octanol–water partition coefficient (Wildman–Crippen LogP) is 2.34. The van der Waals surface area contributed by atoms with E-state index in [1.165, 1.54) is 0 Å². The van der Waals surface area contributed by atoms with Crippen molar-refractivity contribution in [3.63, 3.8) is 0 Å². The first kappa shape index (κ1) is 9.86. The van der Waals surface area contributed by atoms with Gasteiger partial charge in [0.1, 0.15) is 5.82 Å². The Morgan fingerprint density at radius 3 is 2.79 bits per heavy atom. The number of benzene rings is 1. The number of anilines is 1. The maximum Gasteiger partial charge on any atom is 0.113 e. The summed E-state index contributed by atoms with van der Waals surface area (Å²) in [4.78, 5) is 0. The minimum absolute atomic E-state index is 0.692. The van der Waals surface area contributed by atoms with Crippen LogP contribution in [0.5, 0.6) is 0 Å². The molecule has 0 bridgehead atoms. The van der Waals surface area contributed by atoms with Crippen LogP contribution in [0.2, 0.25) is 0 Å². The number of rotatable bonds is 1. The topological polar surface area (TPSA) is 41.3 Å². The smallest absolute Gasteiger partial charge is 0.113 e. The SMILES string of the molecule is NC1=CCN(c2cccc(Br)c2Br)N1. The van der Waals surface area contributed by atoms with Gasteiger partial charge in [0.15, 0.2) is 0 Å². The lowest BCUT2D eigenvalue weighted by molar-refractivity contribution is 0.795. The van der Waals surface area contributed by atoms with E-state index in [4.69, 9.17) is 5.73 Å². The van der Waals surface area contributed by atoms with E-state index in [1.807, 2.05) is 29.3 Å². The Kier molecular flexibility index (Phi) is 2.69.